The average Bonchev–Trinajstić information content (AvgIpc) is 3.24. The average molecular weight is 327 g/mol. The molecule has 1 amide bonds. The topological polar surface area (TPSA) is 47.6 Å². The fourth-order valence-electron chi connectivity index (χ4n) is 3.15. The van der Waals surface area contributed by atoms with Crippen molar-refractivity contribution in [3.8, 4) is 11.5 Å². The first-order valence-electron chi connectivity index (χ1n) is 8.07. The second-order valence-electron chi connectivity index (χ2n) is 6.34. The lowest BCUT2D eigenvalue weighted by atomic mass is 10.1. The molecule has 2 aromatic rings. The molecule has 1 aliphatic heterocycles. The van der Waals surface area contributed by atoms with E-state index in [0.717, 1.165) is 23.3 Å². The SMILES string of the molecule is CC(NC(=O)C1CC1c1ccc(F)cc1)c1ccc2c(c1)OCO2. The maximum atomic E-state index is 13.0. The van der Waals surface area contributed by atoms with E-state index in [9.17, 15) is 9.18 Å². The largest absolute Gasteiger partial charge is 0.454 e. The lowest BCUT2D eigenvalue weighted by molar-refractivity contribution is -0.123. The number of fused-ring (bicyclic) bond motifs is 1. The van der Waals surface area contributed by atoms with E-state index in [0.29, 0.717) is 5.75 Å². The Balaban J connectivity index is 1.39. The van der Waals surface area contributed by atoms with Crippen LogP contribution in [0.1, 0.15) is 36.4 Å². The number of amides is 1. The van der Waals surface area contributed by atoms with E-state index in [4.69, 9.17) is 9.47 Å². The van der Waals surface area contributed by atoms with Crippen molar-refractivity contribution in [3.63, 3.8) is 0 Å². The number of hydrogen-bond acceptors (Lipinski definition) is 3. The van der Waals surface area contributed by atoms with Gasteiger partial charge in [-0.25, -0.2) is 4.39 Å². The predicted octanol–water partition coefficient (Wildman–Crippen LogP) is 3.54. The van der Waals surface area contributed by atoms with Crippen molar-refractivity contribution in [3.05, 3.63) is 59.4 Å². The summed E-state index contributed by atoms with van der Waals surface area (Å²) in [5.41, 5.74) is 2.00. The fourth-order valence-corrected chi connectivity index (χ4v) is 3.15. The quantitative estimate of drug-likeness (QED) is 0.934. The van der Waals surface area contributed by atoms with Crippen LogP contribution in [0.2, 0.25) is 0 Å². The highest BCUT2D eigenvalue weighted by molar-refractivity contribution is 5.83. The Kier molecular flexibility index (Phi) is 3.63. The molecule has 3 unspecified atom stereocenters. The standard InChI is InChI=1S/C19H18FNO3/c1-11(13-4-7-17-18(8-13)24-10-23-17)21-19(22)16-9-15(16)12-2-5-14(20)6-3-12/h2-8,11,15-16H,9-10H2,1H3,(H,21,22). The molecule has 0 radical (unpaired) electrons. The van der Waals surface area contributed by atoms with E-state index in [-0.39, 0.29) is 36.4 Å². The van der Waals surface area contributed by atoms with E-state index in [1.807, 2.05) is 25.1 Å². The van der Waals surface area contributed by atoms with Gasteiger partial charge in [0.2, 0.25) is 12.7 Å². The van der Waals surface area contributed by atoms with E-state index >= 15 is 0 Å². The Bertz CT molecular complexity index is 775. The lowest BCUT2D eigenvalue weighted by Gasteiger charge is -2.15. The monoisotopic (exact) mass is 327 g/mol. The van der Waals surface area contributed by atoms with Gasteiger partial charge in [-0.05, 0) is 54.7 Å². The van der Waals surface area contributed by atoms with Gasteiger partial charge in [-0.15, -0.1) is 0 Å². The summed E-state index contributed by atoms with van der Waals surface area (Å²) in [6, 6.07) is 12.0. The fraction of sp³-hybridized carbons (Fsp3) is 0.316. The predicted molar refractivity (Wildman–Crippen MR) is 86.4 cm³/mol. The number of benzene rings is 2. The Morgan fingerprint density at radius 2 is 1.92 bits per heavy atom. The van der Waals surface area contributed by atoms with Crippen molar-refractivity contribution in [2.75, 3.05) is 6.79 Å². The van der Waals surface area contributed by atoms with Crippen molar-refractivity contribution in [2.45, 2.75) is 25.3 Å². The van der Waals surface area contributed by atoms with Gasteiger partial charge < -0.3 is 14.8 Å². The number of nitrogens with one attached hydrogen (secondary N) is 1. The molecule has 1 saturated carbocycles. The van der Waals surface area contributed by atoms with Gasteiger partial charge in [-0.2, -0.15) is 0 Å². The number of halogens is 1. The number of carbonyl (C=O) groups excluding carboxylic acids is 1. The van der Waals surface area contributed by atoms with Crippen LogP contribution in [-0.2, 0) is 4.79 Å². The molecule has 0 spiro atoms. The number of hydrogen-bond donors (Lipinski definition) is 1. The van der Waals surface area contributed by atoms with Gasteiger partial charge in [0.25, 0.3) is 0 Å². The minimum Gasteiger partial charge on any atom is -0.454 e. The van der Waals surface area contributed by atoms with Gasteiger partial charge in [0.15, 0.2) is 11.5 Å². The molecule has 3 atom stereocenters. The number of carbonyl (C=O) groups is 1. The van der Waals surface area contributed by atoms with Crippen LogP contribution in [-0.4, -0.2) is 12.7 Å². The minimum absolute atomic E-state index is 0.0353. The minimum atomic E-state index is -0.253. The Morgan fingerprint density at radius 3 is 2.71 bits per heavy atom. The molecule has 5 heteroatoms. The smallest absolute Gasteiger partial charge is 0.231 e. The molecular formula is C19H18FNO3. The van der Waals surface area contributed by atoms with Gasteiger partial charge in [0, 0.05) is 5.92 Å². The molecule has 1 heterocycles. The highest BCUT2D eigenvalue weighted by atomic mass is 19.1. The molecule has 0 aromatic heterocycles. The summed E-state index contributed by atoms with van der Waals surface area (Å²) >= 11 is 0. The van der Waals surface area contributed by atoms with Crippen molar-refractivity contribution < 1.29 is 18.7 Å². The lowest BCUT2D eigenvalue weighted by Crippen LogP contribution is -2.28. The summed E-state index contributed by atoms with van der Waals surface area (Å²) in [4.78, 5) is 12.4. The molecular weight excluding hydrogens is 309 g/mol. The highest BCUT2D eigenvalue weighted by Gasteiger charge is 2.44. The molecule has 0 bridgehead atoms. The normalized spacial score (nSPS) is 22.1. The van der Waals surface area contributed by atoms with Crippen molar-refractivity contribution >= 4 is 5.91 Å². The first-order valence-corrected chi connectivity index (χ1v) is 8.07. The second kappa shape index (κ2) is 5.82. The summed E-state index contributed by atoms with van der Waals surface area (Å²) in [6.07, 6.45) is 0.811. The molecule has 2 aliphatic rings. The first kappa shape index (κ1) is 15.0. The zero-order valence-electron chi connectivity index (χ0n) is 13.3. The van der Waals surface area contributed by atoms with Crippen LogP contribution in [0.5, 0.6) is 11.5 Å². The molecule has 0 saturated heterocycles. The second-order valence-corrected chi connectivity index (χ2v) is 6.34. The maximum absolute atomic E-state index is 13.0. The molecule has 4 rings (SSSR count). The molecule has 24 heavy (non-hydrogen) atoms. The van der Waals surface area contributed by atoms with Gasteiger partial charge in [-0.1, -0.05) is 18.2 Å². The molecule has 1 aliphatic carbocycles. The van der Waals surface area contributed by atoms with Crippen LogP contribution in [0.4, 0.5) is 4.39 Å². The van der Waals surface area contributed by atoms with Gasteiger partial charge in [0.1, 0.15) is 5.82 Å². The molecule has 1 fully saturated rings. The first-order chi connectivity index (χ1) is 11.6. The van der Waals surface area contributed by atoms with Gasteiger partial charge >= 0.3 is 0 Å². The molecule has 124 valence electrons. The summed E-state index contributed by atoms with van der Waals surface area (Å²) in [5.74, 6) is 1.38. The molecule has 4 nitrogen and oxygen atoms in total. The van der Waals surface area contributed by atoms with Crippen molar-refractivity contribution in [1.82, 2.24) is 5.32 Å². The van der Waals surface area contributed by atoms with Crippen molar-refractivity contribution in [1.29, 1.82) is 0 Å². The zero-order valence-corrected chi connectivity index (χ0v) is 13.3. The van der Waals surface area contributed by atoms with Crippen LogP contribution in [0.15, 0.2) is 42.5 Å². The third-order valence-corrected chi connectivity index (χ3v) is 4.68. The third-order valence-electron chi connectivity index (χ3n) is 4.68. The summed E-state index contributed by atoms with van der Waals surface area (Å²) in [7, 11) is 0. The maximum Gasteiger partial charge on any atom is 0.231 e. The summed E-state index contributed by atoms with van der Waals surface area (Å²) < 4.78 is 23.7. The van der Waals surface area contributed by atoms with E-state index in [2.05, 4.69) is 5.32 Å². The number of rotatable bonds is 4. The molecule has 2 aromatic carbocycles. The highest BCUT2D eigenvalue weighted by Crippen LogP contribution is 2.47. The van der Waals surface area contributed by atoms with E-state index < -0.39 is 0 Å². The van der Waals surface area contributed by atoms with E-state index in [1.54, 1.807) is 12.1 Å². The third kappa shape index (κ3) is 2.82. The number of ether oxygens (including phenoxy) is 2. The summed E-state index contributed by atoms with van der Waals surface area (Å²) in [5, 5.41) is 3.05. The van der Waals surface area contributed by atoms with Crippen LogP contribution >= 0.6 is 0 Å². The molecule has 1 N–H and O–H groups in total. The van der Waals surface area contributed by atoms with Crippen molar-refractivity contribution in [2.24, 2.45) is 5.92 Å². The van der Waals surface area contributed by atoms with Crippen LogP contribution in [0, 0.1) is 11.7 Å². The van der Waals surface area contributed by atoms with Crippen LogP contribution < -0.4 is 14.8 Å². The van der Waals surface area contributed by atoms with Crippen LogP contribution in [0.3, 0.4) is 0 Å². The Morgan fingerprint density at radius 1 is 1.17 bits per heavy atom. The van der Waals surface area contributed by atoms with E-state index in [1.165, 1.54) is 12.1 Å². The Hall–Kier alpha value is -2.56. The zero-order chi connectivity index (χ0) is 16.7. The van der Waals surface area contributed by atoms with Crippen LogP contribution in [0.25, 0.3) is 0 Å². The van der Waals surface area contributed by atoms with Gasteiger partial charge in [-0.3, -0.25) is 4.79 Å². The van der Waals surface area contributed by atoms with Gasteiger partial charge in [0.05, 0.1) is 6.04 Å². The summed E-state index contributed by atoms with van der Waals surface area (Å²) in [6.45, 7) is 2.19. The Labute approximate surface area is 139 Å².